The lowest BCUT2D eigenvalue weighted by Crippen LogP contribution is -2.08. The van der Waals surface area contributed by atoms with Crippen LogP contribution in [0.2, 0.25) is 0 Å². The van der Waals surface area contributed by atoms with E-state index >= 15 is 0 Å². The molecule has 0 saturated heterocycles. The van der Waals surface area contributed by atoms with Gasteiger partial charge < -0.3 is 10.2 Å². The first-order valence-corrected chi connectivity index (χ1v) is 4.75. The zero-order chi connectivity index (χ0) is 9.94. The van der Waals surface area contributed by atoms with Gasteiger partial charge in [0.1, 0.15) is 0 Å². The van der Waals surface area contributed by atoms with Crippen molar-refractivity contribution in [1.29, 1.82) is 0 Å². The van der Waals surface area contributed by atoms with E-state index in [4.69, 9.17) is 5.11 Å². The molecule has 0 bridgehead atoms. The highest BCUT2D eigenvalue weighted by atomic mass is 17.2. The summed E-state index contributed by atoms with van der Waals surface area (Å²) >= 11 is 0. The Hall–Kier alpha value is -0.160. The lowest BCUT2D eigenvalue weighted by atomic mass is 10.1. The van der Waals surface area contributed by atoms with Gasteiger partial charge in [-0.2, -0.15) is 0 Å². The number of aliphatic hydroxyl groups excluding tert-OH is 2. The second kappa shape index (κ2) is 9.92. The zero-order valence-corrected chi connectivity index (χ0v) is 8.24. The van der Waals surface area contributed by atoms with Gasteiger partial charge in [-0.25, -0.2) is 9.78 Å². The van der Waals surface area contributed by atoms with Gasteiger partial charge in [0.2, 0.25) is 0 Å². The minimum Gasteiger partial charge on any atom is -0.396 e. The Morgan fingerprint density at radius 1 is 1.15 bits per heavy atom. The van der Waals surface area contributed by atoms with Crippen LogP contribution < -0.4 is 0 Å². The van der Waals surface area contributed by atoms with Crippen molar-refractivity contribution in [3.63, 3.8) is 0 Å². The molecule has 1 unspecified atom stereocenters. The smallest absolute Gasteiger partial charge is 0.0822 e. The summed E-state index contributed by atoms with van der Waals surface area (Å²) in [6, 6.07) is 0. The van der Waals surface area contributed by atoms with E-state index in [-0.39, 0.29) is 12.7 Å². The lowest BCUT2D eigenvalue weighted by molar-refractivity contribution is -0.272. The molecule has 80 valence electrons. The Kier molecular flexibility index (Phi) is 9.80. The van der Waals surface area contributed by atoms with Gasteiger partial charge in [-0.3, -0.25) is 0 Å². The van der Waals surface area contributed by atoms with E-state index in [1.54, 1.807) is 0 Å². The molecule has 0 aliphatic carbocycles. The first-order valence-electron chi connectivity index (χ1n) is 4.75. The highest BCUT2D eigenvalue weighted by molar-refractivity contribution is 4.54. The van der Waals surface area contributed by atoms with E-state index in [0.717, 1.165) is 25.7 Å². The SMILES string of the molecule is COOCCCCCC(O)CCO. The van der Waals surface area contributed by atoms with Crippen LogP contribution in [0.4, 0.5) is 0 Å². The average molecular weight is 192 g/mol. The van der Waals surface area contributed by atoms with Crippen molar-refractivity contribution in [3.05, 3.63) is 0 Å². The van der Waals surface area contributed by atoms with Gasteiger partial charge >= 0.3 is 0 Å². The molecule has 0 fully saturated rings. The highest BCUT2D eigenvalue weighted by Gasteiger charge is 2.01. The molecule has 0 spiro atoms. The molecule has 4 nitrogen and oxygen atoms in total. The van der Waals surface area contributed by atoms with Gasteiger partial charge in [-0.15, -0.1) is 0 Å². The van der Waals surface area contributed by atoms with E-state index in [2.05, 4.69) is 9.78 Å². The molecule has 0 heterocycles. The number of aliphatic hydroxyl groups is 2. The molecule has 2 N–H and O–H groups in total. The van der Waals surface area contributed by atoms with Crippen LogP contribution in [0.15, 0.2) is 0 Å². The van der Waals surface area contributed by atoms with Crippen LogP contribution >= 0.6 is 0 Å². The molecule has 4 heteroatoms. The minimum absolute atomic E-state index is 0.0634. The predicted octanol–water partition coefficient (Wildman–Crippen LogP) is 0.868. The minimum atomic E-state index is -0.353. The summed E-state index contributed by atoms with van der Waals surface area (Å²) in [6.45, 7) is 0.667. The van der Waals surface area contributed by atoms with Crippen molar-refractivity contribution in [2.24, 2.45) is 0 Å². The van der Waals surface area contributed by atoms with Crippen LogP contribution in [0, 0.1) is 0 Å². The van der Waals surface area contributed by atoms with Crippen molar-refractivity contribution in [2.45, 2.75) is 38.2 Å². The third-order valence-corrected chi connectivity index (χ3v) is 1.85. The topological polar surface area (TPSA) is 58.9 Å². The largest absolute Gasteiger partial charge is 0.396 e. The normalized spacial score (nSPS) is 13.2. The maximum atomic E-state index is 9.24. The summed E-state index contributed by atoms with van der Waals surface area (Å²) in [7, 11) is 1.49. The number of hydrogen-bond acceptors (Lipinski definition) is 4. The van der Waals surface area contributed by atoms with E-state index in [1.165, 1.54) is 7.11 Å². The van der Waals surface area contributed by atoms with Gasteiger partial charge in [-0.1, -0.05) is 12.8 Å². The molecular formula is C9H20O4. The number of unbranched alkanes of at least 4 members (excludes halogenated alkanes) is 2. The fourth-order valence-electron chi connectivity index (χ4n) is 1.09. The standard InChI is InChI=1S/C9H20O4/c1-12-13-8-4-2-3-5-9(11)6-7-10/h9-11H,2-8H2,1H3. The van der Waals surface area contributed by atoms with Crippen molar-refractivity contribution < 1.29 is 20.0 Å². The summed E-state index contributed by atoms with van der Waals surface area (Å²) in [5.74, 6) is 0. The van der Waals surface area contributed by atoms with Gasteiger partial charge in [0, 0.05) is 6.61 Å². The van der Waals surface area contributed by atoms with E-state index in [1.807, 2.05) is 0 Å². The molecule has 0 aliphatic heterocycles. The van der Waals surface area contributed by atoms with Crippen LogP contribution in [-0.4, -0.2) is 36.6 Å². The second-order valence-electron chi connectivity index (χ2n) is 3.00. The van der Waals surface area contributed by atoms with E-state index in [0.29, 0.717) is 13.0 Å². The molecule has 0 aromatic carbocycles. The van der Waals surface area contributed by atoms with Crippen LogP contribution in [0.25, 0.3) is 0 Å². The molecule has 0 aliphatic rings. The monoisotopic (exact) mass is 192 g/mol. The number of hydrogen-bond donors (Lipinski definition) is 2. The maximum Gasteiger partial charge on any atom is 0.0822 e. The number of rotatable bonds is 9. The lowest BCUT2D eigenvalue weighted by Gasteiger charge is -2.07. The summed E-state index contributed by atoms with van der Waals surface area (Å²) < 4.78 is 0. The van der Waals surface area contributed by atoms with Gasteiger partial charge in [-0.05, 0) is 19.3 Å². The fourth-order valence-corrected chi connectivity index (χ4v) is 1.09. The molecule has 0 radical (unpaired) electrons. The van der Waals surface area contributed by atoms with E-state index in [9.17, 15) is 5.11 Å². The Morgan fingerprint density at radius 3 is 2.54 bits per heavy atom. The summed E-state index contributed by atoms with van der Waals surface area (Å²) in [4.78, 5) is 9.11. The van der Waals surface area contributed by atoms with Crippen molar-refractivity contribution >= 4 is 0 Å². The van der Waals surface area contributed by atoms with Gasteiger partial charge in [0.25, 0.3) is 0 Å². The molecule has 1 atom stereocenters. The first-order chi connectivity index (χ1) is 6.31. The fraction of sp³-hybridized carbons (Fsp3) is 1.00. The third-order valence-electron chi connectivity index (χ3n) is 1.85. The molecule has 0 aromatic heterocycles. The predicted molar refractivity (Wildman–Crippen MR) is 49.1 cm³/mol. The Balaban J connectivity index is 2.97. The Morgan fingerprint density at radius 2 is 1.92 bits per heavy atom. The Labute approximate surface area is 79.4 Å². The average Bonchev–Trinajstić information content (AvgIpc) is 2.11. The molecule has 0 saturated carbocycles. The molecule has 0 rings (SSSR count). The van der Waals surface area contributed by atoms with Crippen molar-refractivity contribution in [1.82, 2.24) is 0 Å². The molecular weight excluding hydrogens is 172 g/mol. The van der Waals surface area contributed by atoms with Crippen LogP contribution in [0.5, 0.6) is 0 Å². The zero-order valence-electron chi connectivity index (χ0n) is 8.24. The molecule has 0 amide bonds. The van der Waals surface area contributed by atoms with Crippen molar-refractivity contribution in [3.8, 4) is 0 Å². The summed E-state index contributed by atoms with van der Waals surface area (Å²) in [5, 5.41) is 17.7. The quantitative estimate of drug-likeness (QED) is 0.323. The molecule has 13 heavy (non-hydrogen) atoms. The van der Waals surface area contributed by atoms with Crippen LogP contribution in [0.1, 0.15) is 32.1 Å². The van der Waals surface area contributed by atoms with Gasteiger partial charge in [0.15, 0.2) is 0 Å². The Bertz CT molecular complexity index is 97.6. The van der Waals surface area contributed by atoms with Crippen LogP contribution in [-0.2, 0) is 9.78 Å². The van der Waals surface area contributed by atoms with Crippen molar-refractivity contribution in [2.75, 3.05) is 20.3 Å². The van der Waals surface area contributed by atoms with E-state index < -0.39 is 0 Å². The van der Waals surface area contributed by atoms with Crippen LogP contribution in [0.3, 0.4) is 0 Å². The highest BCUT2D eigenvalue weighted by Crippen LogP contribution is 2.06. The van der Waals surface area contributed by atoms with Gasteiger partial charge in [0.05, 0.1) is 19.8 Å². The third kappa shape index (κ3) is 9.76. The summed E-state index contributed by atoms with van der Waals surface area (Å²) in [6.07, 6.45) is 3.82. The second-order valence-corrected chi connectivity index (χ2v) is 3.00. The molecule has 0 aromatic rings. The summed E-state index contributed by atoms with van der Waals surface area (Å²) in [5.41, 5.74) is 0. The maximum absolute atomic E-state index is 9.24. The first kappa shape index (κ1) is 12.8.